The molecule has 2 saturated heterocycles. The summed E-state index contributed by atoms with van der Waals surface area (Å²) < 4.78 is 54.4. The van der Waals surface area contributed by atoms with Crippen molar-refractivity contribution in [2.45, 2.75) is 37.3 Å². The van der Waals surface area contributed by atoms with Gasteiger partial charge in [-0.2, -0.15) is 13.2 Å². The number of nitrogens with one attached hydrogen (secondary N) is 4. The highest BCUT2D eigenvalue weighted by Crippen LogP contribution is 2.28. The van der Waals surface area contributed by atoms with Gasteiger partial charge in [0, 0.05) is 37.4 Å². The van der Waals surface area contributed by atoms with Gasteiger partial charge in [0.15, 0.2) is 6.17 Å². The molecule has 6 N–H and O–H groups in total. The first-order chi connectivity index (χ1) is 14.5. The molecule has 0 saturated carbocycles. The zero-order valence-electron chi connectivity index (χ0n) is 16.3. The molecule has 2 fully saturated rings. The number of piperazine rings is 1. The zero-order chi connectivity index (χ0) is 22.8. The van der Waals surface area contributed by atoms with Gasteiger partial charge in [-0.15, -0.1) is 0 Å². The van der Waals surface area contributed by atoms with Crippen LogP contribution in [0.2, 0.25) is 0 Å². The minimum absolute atomic E-state index is 0.00180. The number of primary amides is 1. The lowest BCUT2D eigenvalue weighted by Gasteiger charge is -2.41. The fourth-order valence-electron chi connectivity index (χ4n) is 3.60. The molecule has 170 valence electrons. The van der Waals surface area contributed by atoms with E-state index in [0.29, 0.717) is 0 Å². The molecular weight excluding hydrogens is 424 g/mol. The summed E-state index contributed by atoms with van der Waals surface area (Å²) in [7, 11) is 0. The number of hydrogen-bond donors (Lipinski definition) is 5. The summed E-state index contributed by atoms with van der Waals surface area (Å²) in [5.74, 6) is -2.79. The van der Waals surface area contributed by atoms with E-state index in [0.717, 1.165) is 17.0 Å². The number of amides is 3. The Hall–Kier alpha value is -2.93. The number of rotatable bonds is 6. The lowest BCUT2D eigenvalue weighted by atomic mass is 10.1. The van der Waals surface area contributed by atoms with E-state index in [4.69, 9.17) is 5.73 Å². The van der Waals surface area contributed by atoms with Crippen LogP contribution >= 0.6 is 0 Å². The Kier molecular flexibility index (Phi) is 6.65. The molecule has 1 aromatic carbocycles. The molecule has 9 nitrogen and oxygen atoms in total. The number of carbonyl (C=O) groups is 3. The third kappa shape index (κ3) is 5.61. The molecule has 2 aliphatic heterocycles. The summed E-state index contributed by atoms with van der Waals surface area (Å²) in [4.78, 5) is 36.0. The van der Waals surface area contributed by atoms with Crippen LogP contribution in [0.1, 0.15) is 12.8 Å². The van der Waals surface area contributed by atoms with Gasteiger partial charge >= 0.3 is 6.18 Å². The van der Waals surface area contributed by atoms with Gasteiger partial charge < -0.3 is 21.7 Å². The molecule has 1 aromatic rings. The van der Waals surface area contributed by atoms with Crippen molar-refractivity contribution in [1.82, 2.24) is 15.5 Å². The van der Waals surface area contributed by atoms with Crippen LogP contribution in [-0.4, -0.2) is 66.7 Å². The van der Waals surface area contributed by atoms with Crippen molar-refractivity contribution >= 4 is 29.1 Å². The fraction of sp³-hybridized carbons (Fsp3) is 0.500. The van der Waals surface area contributed by atoms with Crippen LogP contribution in [0.4, 0.5) is 28.9 Å². The molecule has 0 radical (unpaired) electrons. The maximum absolute atomic E-state index is 14.1. The van der Waals surface area contributed by atoms with Gasteiger partial charge in [0.05, 0.1) is 0 Å². The van der Waals surface area contributed by atoms with E-state index in [9.17, 15) is 31.9 Å². The van der Waals surface area contributed by atoms with Crippen LogP contribution in [0.3, 0.4) is 0 Å². The van der Waals surface area contributed by atoms with Crippen molar-refractivity contribution in [3.05, 3.63) is 24.0 Å². The number of imide groups is 1. The van der Waals surface area contributed by atoms with Crippen molar-refractivity contribution in [3.63, 3.8) is 0 Å². The SMILES string of the molecule is NC(=O)C(Nc1cc(F)cc(NC2CCC(=O)NC2=O)c1)N1CCNC[C@@H]1C(F)(F)F. The Morgan fingerprint density at radius 1 is 1.23 bits per heavy atom. The first-order valence-electron chi connectivity index (χ1n) is 9.54. The maximum atomic E-state index is 14.1. The van der Waals surface area contributed by atoms with Crippen molar-refractivity contribution in [2.75, 3.05) is 30.3 Å². The van der Waals surface area contributed by atoms with Crippen molar-refractivity contribution < 1.29 is 31.9 Å². The molecule has 0 spiro atoms. The number of nitrogens with two attached hydrogens (primary N) is 1. The normalized spacial score (nSPS) is 23.7. The summed E-state index contributed by atoms with van der Waals surface area (Å²) in [6.07, 6.45) is -5.85. The Morgan fingerprint density at radius 2 is 1.94 bits per heavy atom. The number of anilines is 2. The molecule has 3 amide bonds. The van der Waals surface area contributed by atoms with Crippen LogP contribution in [0.5, 0.6) is 0 Å². The standard InChI is InChI=1S/C18H22F4N6O3/c19-9-5-10(25-12-1-2-14(29)27-17(12)31)7-11(6-9)26-16(15(23)30)28-4-3-24-8-13(28)18(20,21)22/h5-7,12-13,16,24-26H,1-4,8H2,(H2,23,30)(H,27,29,31)/t12?,13-,16?/m1/s1. The van der Waals surface area contributed by atoms with E-state index < -0.39 is 54.5 Å². The highest BCUT2D eigenvalue weighted by atomic mass is 19.4. The summed E-state index contributed by atoms with van der Waals surface area (Å²) in [6.45, 7) is -0.314. The second-order valence-electron chi connectivity index (χ2n) is 7.33. The number of carbonyl (C=O) groups excluding carboxylic acids is 3. The number of halogens is 4. The predicted octanol–water partition coefficient (Wildman–Crippen LogP) is 0.102. The Morgan fingerprint density at radius 3 is 2.58 bits per heavy atom. The Bertz CT molecular complexity index is 865. The molecule has 31 heavy (non-hydrogen) atoms. The predicted molar refractivity (Wildman–Crippen MR) is 102 cm³/mol. The Balaban J connectivity index is 1.80. The molecule has 0 aliphatic carbocycles. The topological polar surface area (TPSA) is 129 Å². The molecule has 3 atom stereocenters. The van der Waals surface area contributed by atoms with Gasteiger partial charge in [-0.05, 0) is 24.6 Å². The van der Waals surface area contributed by atoms with E-state index in [-0.39, 0.29) is 37.3 Å². The fourth-order valence-corrected chi connectivity index (χ4v) is 3.60. The summed E-state index contributed by atoms with van der Waals surface area (Å²) in [5, 5.41) is 10.1. The molecule has 2 unspecified atom stereocenters. The molecule has 3 rings (SSSR count). The van der Waals surface area contributed by atoms with Gasteiger partial charge in [0.1, 0.15) is 17.9 Å². The number of piperidine rings is 1. The van der Waals surface area contributed by atoms with Crippen LogP contribution in [-0.2, 0) is 14.4 Å². The molecular formula is C18H22F4N6O3. The number of hydrogen-bond acceptors (Lipinski definition) is 7. The molecule has 13 heteroatoms. The third-order valence-corrected chi connectivity index (χ3v) is 5.05. The van der Waals surface area contributed by atoms with Crippen LogP contribution < -0.4 is 27.0 Å². The van der Waals surface area contributed by atoms with Gasteiger partial charge in [0.25, 0.3) is 5.91 Å². The van der Waals surface area contributed by atoms with Gasteiger partial charge in [-0.25, -0.2) is 4.39 Å². The first-order valence-corrected chi connectivity index (χ1v) is 9.54. The minimum atomic E-state index is -4.61. The van der Waals surface area contributed by atoms with Gasteiger partial charge in [0.2, 0.25) is 11.8 Å². The highest BCUT2D eigenvalue weighted by Gasteiger charge is 2.48. The molecule has 2 aliphatic rings. The number of benzene rings is 1. The zero-order valence-corrected chi connectivity index (χ0v) is 16.3. The van der Waals surface area contributed by atoms with E-state index in [1.165, 1.54) is 6.07 Å². The number of alkyl halides is 3. The smallest absolute Gasteiger partial charge is 0.374 e. The molecule has 0 bridgehead atoms. The van der Waals surface area contributed by atoms with E-state index in [2.05, 4.69) is 21.3 Å². The first kappa shape index (κ1) is 22.7. The third-order valence-electron chi connectivity index (χ3n) is 5.05. The average molecular weight is 446 g/mol. The largest absolute Gasteiger partial charge is 0.405 e. The maximum Gasteiger partial charge on any atom is 0.405 e. The number of nitrogens with zero attached hydrogens (tertiary/aromatic N) is 1. The van der Waals surface area contributed by atoms with E-state index in [1.807, 2.05) is 0 Å². The second-order valence-corrected chi connectivity index (χ2v) is 7.33. The quantitative estimate of drug-likeness (QED) is 0.310. The highest BCUT2D eigenvalue weighted by molar-refractivity contribution is 6.01. The van der Waals surface area contributed by atoms with Crippen molar-refractivity contribution in [2.24, 2.45) is 5.73 Å². The van der Waals surface area contributed by atoms with Gasteiger partial charge in [-0.1, -0.05) is 0 Å². The second kappa shape index (κ2) is 9.06. The van der Waals surface area contributed by atoms with Crippen LogP contribution in [0.25, 0.3) is 0 Å². The Labute approximate surface area is 174 Å². The lowest BCUT2D eigenvalue weighted by Crippen LogP contribution is -2.65. The minimum Gasteiger partial charge on any atom is -0.374 e. The summed E-state index contributed by atoms with van der Waals surface area (Å²) in [6, 6.07) is 0.671. The van der Waals surface area contributed by atoms with Gasteiger partial charge in [-0.3, -0.25) is 24.6 Å². The summed E-state index contributed by atoms with van der Waals surface area (Å²) >= 11 is 0. The van der Waals surface area contributed by atoms with Crippen LogP contribution in [0.15, 0.2) is 18.2 Å². The van der Waals surface area contributed by atoms with Crippen molar-refractivity contribution in [3.8, 4) is 0 Å². The lowest BCUT2D eigenvalue weighted by molar-refractivity contribution is -0.192. The van der Waals surface area contributed by atoms with E-state index >= 15 is 0 Å². The summed E-state index contributed by atoms with van der Waals surface area (Å²) in [5.41, 5.74) is 5.50. The molecule has 0 aromatic heterocycles. The molecule has 2 heterocycles. The van der Waals surface area contributed by atoms with Crippen LogP contribution in [0, 0.1) is 5.82 Å². The van der Waals surface area contributed by atoms with Crippen molar-refractivity contribution in [1.29, 1.82) is 0 Å². The average Bonchev–Trinajstić information content (AvgIpc) is 2.67. The van der Waals surface area contributed by atoms with E-state index in [1.54, 1.807) is 0 Å². The monoisotopic (exact) mass is 446 g/mol.